The third-order valence-corrected chi connectivity index (χ3v) is 5.51. The molecule has 0 bridgehead atoms. The molecule has 0 radical (unpaired) electrons. The summed E-state index contributed by atoms with van der Waals surface area (Å²) in [7, 11) is 0. The number of hydrogen-bond donors (Lipinski definition) is 0. The van der Waals surface area contributed by atoms with Crippen LogP contribution >= 0.6 is 0 Å². The van der Waals surface area contributed by atoms with Crippen molar-refractivity contribution in [1.29, 1.82) is 0 Å². The quantitative estimate of drug-likeness (QED) is 0.253. The fraction of sp³-hybridized carbons (Fsp3) is 0.393. The van der Waals surface area contributed by atoms with Crippen LogP contribution in [-0.4, -0.2) is 67.2 Å². The Kier molecular flexibility index (Phi) is 10.2. The first kappa shape index (κ1) is 30.1. The molecule has 5 atom stereocenters. The highest BCUT2D eigenvalue weighted by Crippen LogP contribution is 2.35. The number of ether oxygens (including phenoxy) is 7. The van der Waals surface area contributed by atoms with Crippen molar-refractivity contribution < 1.29 is 57.1 Å². The van der Waals surface area contributed by atoms with Crippen LogP contribution in [0.4, 0.5) is 0 Å². The molecule has 1 saturated heterocycles. The summed E-state index contributed by atoms with van der Waals surface area (Å²) in [5.41, 5.74) is 1.29. The Labute approximate surface area is 230 Å². The van der Waals surface area contributed by atoms with Crippen LogP contribution in [0, 0.1) is 0 Å². The summed E-state index contributed by atoms with van der Waals surface area (Å²) in [6, 6.07) is 13.5. The molecule has 40 heavy (non-hydrogen) atoms. The van der Waals surface area contributed by atoms with Gasteiger partial charge in [0.05, 0.1) is 0 Å². The minimum absolute atomic E-state index is 0.295. The smallest absolute Gasteiger partial charge is 0.308 e. The number of carbonyl (C=O) groups excluding carboxylic acids is 5. The van der Waals surface area contributed by atoms with E-state index in [1.165, 1.54) is 13.8 Å². The minimum Gasteiger partial charge on any atom is -0.463 e. The first-order valence-corrected chi connectivity index (χ1v) is 12.3. The molecule has 2 aromatic carbocycles. The van der Waals surface area contributed by atoms with Crippen LogP contribution in [0.1, 0.15) is 34.6 Å². The fourth-order valence-electron chi connectivity index (χ4n) is 4.09. The summed E-state index contributed by atoms with van der Waals surface area (Å²) in [5, 5.41) is 0. The minimum atomic E-state index is -1.39. The number of benzene rings is 2. The first-order chi connectivity index (χ1) is 18.9. The van der Waals surface area contributed by atoms with E-state index in [1.807, 2.05) is 0 Å². The van der Waals surface area contributed by atoms with Crippen LogP contribution in [0.2, 0.25) is 0 Å². The molecule has 1 heterocycles. The predicted octanol–water partition coefficient (Wildman–Crippen LogP) is 2.74. The molecule has 0 amide bonds. The molecule has 3 rings (SSSR count). The van der Waals surface area contributed by atoms with Crippen molar-refractivity contribution >= 4 is 29.8 Å². The van der Waals surface area contributed by atoms with Crippen LogP contribution in [0.3, 0.4) is 0 Å². The maximum atomic E-state index is 12.1. The van der Waals surface area contributed by atoms with Gasteiger partial charge in [-0.3, -0.25) is 24.0 Å². The average molecular weight is 559 g/mol. The second-order valence-electron chi connectivity index (χ2n) is 8.80. The zero-order valence-corrected chi connectivity index (χ0v) is 22.6. The fourth-order valence-corrected chi connectivity index (χ4v) is 4.09. The summed E-state index contributed by atoms with van der Waals surface area (Å²) >= 11 is 0. The highest BCUT2D eigenvalue weighted by molar-refractivity contribution is 5.73. The summed E-state index contributed by atoms with van der Waals surface area (Å²) in [4.78, 5) is 58.8. The maximum Gasteiger partial charge on any atom is 0.308 e. The van der Waals surface area contributed by atoms with Crippen molar-refractivity contribution in [2.45, 2.75) is 65.3 Å². The lowest BCUT2D eigenvalue weighted by Crippen LogP contribution is -2.63. The summed E-state index contributed by atoms with van der Waals surface area (Å²) in [5.74, 6) is -2.66. The van der Waals surface area contributed by atoms with E-state index < -0.39 is 60.6 Å². The van der Waals surface area contributed by atoms with E-state index in [0.717, 1.165) is 20.8 Å². The Morgan fingerprint density at radius 3 is 1.82 bits per heavy atom. The van der Waals surface area contributed by atoms with Gasteiger partial charge in [0.25, 0.3) is 0 Å². The molecule has 1 aliphatic rings. The molecule has 0 aliphatic carbocycles. The molecule has 2 aromatic rings. The molecule has 214 valence electrons. The van der Waals surface area contributed by atoms with Gasteiger partial charge in [-0.2, -0.15) is 0 Å². The van der Waals surface area contributed by atoms with Gasteiger partial charge < -0.3 is 33.2 Å². The van der Waals surface area contributed by atoms with Gasteiger partial charge in [-0.05, 0) is 23.8 Å². The van der Waals surface area contributed by atoms with Crippen LogP contribution in [0.25, 0.3) is 11.1 Å². The van der Waals surface area contributed by atoms with Gasteiger partial charge in [-0.1, -0.05) is 30.3 Å². The van der Waals surface area contributed by atoms with E-state index in [-0.39, 0.29) is 6.61 Å². The van der Waals surface area contributed by atoms with Gasteiger partial charge in [-0.15, -0.1) is 0 Å². The Balaban J connectivity index is 2.01. The molecule has 0 saturated carbocycles. The lowest BCUT2D eigenvalue weighted by atomic mass is 9.98. The number of hydrogen-bond acceptors (Lipinski definition) is 12. The van der Waals surface area contributed by atoms with Gasteiger partial charge in [0.15, 0.2) is 12.2 Å². The van der Waals surface area contributed by atoms with E-state index in [1.54, 1.807) is 48.5 Å². The molecule has 12 heteroatoms. The van der Waals surface area contributed by atoms with Crippen molar-refractivity contribution in [3.05, 3.63) is 48.5 Å². The normalized spacial score (nSPS) is 21.9. The second kappa shape index (κ2) is 13.6. The Hall–Kier alpha value is -4.45. The van der Waals surface area contributed by atoms with E-state index in [4.69, 9.17) is 33.2 Å². The maximum absolute atomic E-state index is 12.1. The van der Waals surface area contributed by atoms with Crippen LogP contribution in [-0.2, 0) is 47.7 Å². The zero-order chi connectivity index (χ0) is 29.4. The predicted molar refractivity (Wildman–Crippen MR) is 136 cm³/mol. The van der Waals surface area contributed by atoms with E-state index >= 15 is 0 Å². The lowest BCUT2D eigenvalue weighted by Gasteiger charge is -2.44. The molecule has 0 N–H and O–H groups in total. The second-order valence-corrected chi connectivity index (χ2v) is 8.80. The Morgan fingerprint density at radius 2 is 1.25 bits per heavy atom. The van der Waals surface area contributed by atoms with Crippen molar-refractivity contribution in [2.24, 2.45) is 0 Å². The zero-order valence-electron chi connectivity index (χ0n) is 22.6. The Morgan fingerprint density at radius 1 is 0.675 bits per heavy atom. The molecule has 0 aromatic heterocycles. The molecule has 12 nitrogen and oxygen atoms in total. The molecular weight excluding hydrogens is 528 g/mol. The highest BCUT2D eigenvalue weighted by atomic mass is 16.7. The van der Waals surface area contributed by atoms with Gasteiger partial charge in [0.2, 0.25) is 12.4 Å². The summed E-state index contributed by atoms with van der Waals surface area (Å²) in [6.45, 7) is 5.52. The van der Waals surface area contributed by atoms with Crippen LogP contribution in [0.5, 0.6) is 11.5 Å². The number of carbonyl (C=O) groups is 5. The SMILES string of the molecule is CC(=O)OC[C@H]1O[C@H](Oc2ccccc2-c2ccc(OC(C)=O)cc2)[C@@H](OC(C)=O)[C@@H](OC(C)=O)[C@@H]1OC(C)=O. The van der Waals surface area contributed by atoms with E-state index in [0.29, 0.717) is 22.6 Å². The van der Waals surface area contributed by atoms with Crippen molar-refractivity contribution in [2.75, 3.05) is 6.61 Å². The lowest BCUT2D eigenvalue weighted by molar-refractivity contribution is -0.288. The standard InChI is InChI=1S/C28H30O12/c1-15(29)34-14-24-25(36-17(3)31)26(37-18(4)32)27(38-19(5)33)28(40-24)39-23-9-7-6-8-22(23)20-10-12-21(13-11-20)35-16(2)30/h6-13,24-28H,14H2,1-5H3/t24-,25-,26+,27+,28+/m1/s1. The number of esters is 5. The number of para-hydroxylation sites is 1. The van der Waals surface area contributed by atoms with Crippen LogP contribution < -0.4 is 9.47 Å². The average Bonchev–Trinajstić information content (AvgIpc) is 2.86. The molecule has 0 unspecified atom stereocenters. The molecular formula is C28H30O12. The van der Waals surface area contributed by atoms with Crippen molar-refractivity contribution in [3.8, 4) is 22.6 Å². The van der Waals surface area contributed by atoms with E-state index in [2.05, 4.69) is 0 Å². The summed E-state index contributed by atoms with van der Waals surface area (Å²) in [6.07, 6.45) is -6.57. The van der Waals surface area contributed by atoms with Crippen LogP contribution in [0.15, 0.2) is 48.5 Å². The third-order valence-electron chi connectivity index (χ3n) is 5.51. The third kappa shape index (κ3) is 8.27. The monoisotopic (exact) mass is 558 g/mol. The van der Waals surface area contributed by atoms with Gasteiger partial charge in [0.1, 0.15) is 24.2 Å². The number of rotatable bonds is 9. The van der Waals surface area contributed by atoms with E-state index in [9.17, 15) is 24.0 Å². The van der Waals surface area contributed by atoms with Crippen molar-refractivity contribution in [1.82, 2.24) is 0 Å². The molecule has 1 aliphatic heterocycles. The molecule has 1 fully saturated rings. The first-order valence-electron chi connectivity index (χ1n) is 12.3. The molecule has 0 spiro atoms. The Bertz CT molecular complexity index is 1240. The van der Waals surface area contributed by atoms with Crippen molar-refractivity contribution in [3.63, 3.8) is 0 Å². The largest absolute Gasteiger partial charge is 0.463 e. The highest BCUT2D eigenvalue weighted by Gasteiger charge is 2.53. The topological polar surface area (TPSA) is 150 Å². The van der Waals surface area contributed by atoms with Gasteiger partial charge >= 0.3 is 29.8 Å². The summed E-state index contributed by atoms with van der Waals surface area (Å²) < 4.78 is 38.7. The van der Waals surface area contributed by atoms with Gasteiger partial charge in [-0.25, -0.2) is 0 Å². The van der Waals surface area contributed by atoms with Gasteiger partial charge in [0, 0.05) is 40.2 Å².